The van der Waals surface area contributed by atoms with E-state index in [2.05, 4.69) is 4.99 Å². The van der Waals surface area contributed by atoms with Gasteiger partial charge in [0, 0.05) is 5.57 Å². The SMILES string of the molecule is O=C=NC(=O)C1=CCCCC1. The van der Waals surface area contributed by atoms with Gasteiger partial charge in [0.15, 0.2) is 0 Å². The topological polar surface area (TPSA) is 46.5 Å². The summed E-state index contributed by atoms with van der Waals surface area (Å²) in [6.07, 6.45) is 6.93. The minimum absolute atomic E-state index is 0.417. The van der Waals surface area contributed by atoms with E-state index in [-0.39, 0.29) is 0 Å². The van der Waals surface area contributed by atoms with Gasteiger partial charge in [-0.25, -0.2) is 4.79 Å². The molecule has 0 bridgehead atoms. The lowest BCUT2D eigenvalue weighted by molar-refractivity contribution is -0.114. The predicted molar refractivity (Wildman–Crippen MR) is 39.7 cm³/mol. The lowest BCUT2D eigenvalue weighted by Gasteiger charge is -2.07. The number of carbonyl (C=O) groups excluding carboxylic acids is 2. The molecule has 0 aromatic rings. The predicted octanol–water partition coefficient (Wildman–Crippen LogP) is 1.35. The molecule has 58 valence electrons. The molecule has 3 heteroatoms. The van der Waals surface area contributed by atoms with Crippen LogP contribution in [-0.2, 0) is 9.59 Å². The molecule has 0 atom stereocenters. The van der Waals surface area contributed by atoms with Gasteiger partial charge in [0.25, 0.3) is 5.91 Å². The Bertz CT molecular complexity index is 236. The van der Waals surface area contributed by atoms with Crippen molar-refractivity contribution in [3.8, 4) is 0 Å². The van der Waals surface area contributed by atoms with Crippen LogP contribution in [0.4, 0.5) is 0 Å². The van der Waals surface area contributed by atoms with E-state index < -0.39 is 5.91 Å². The van der Waals surface area contributed by atoms with Crippen molar-refractivity contribution in [3.05, 3.63) is 11.6 Å². The van der Waals surface area contributed by atoms with Crippen LogP contribution < -0.4 is 0 Å². The molecule has 1 aliphatic rings. The number of amides is 1. The van der Waals surface area contributed by atoms with E-state index >= 15 is 0 Å². The molecule has 1 amide bonds. The monoisotopic (exact) mass is 151 g/mol. The average molecular weight is 151 g/mol. The molecule has 0 radical (unpaired) electrons. The maximum absolute atomic E-state index is 10.9. The fourth-order valence-corrected chi connectivity index (χ4v) is 1.15. The van der Waals surface area contributed by atoms with E-state index in [4.69, 9.17) is 0 Å². The van der Waals surface area contributed by atoms with Gasteiger partial charge < -0.3 is 0 Å². The molecule has 1 rings (SSSR count). The summed E-state index contributed by atoms with van der Waals surface area (Å²) in [6.45, 7) is 0. The zero-order valence-electron chi connectivity index (χ0n) is 6.17. The molecule has 0 N–H and O–H groups in total. The Morgan fingerprint density at radius 1 is 1.55 bits per heavy atom. The number of hydrogen-bond donors (Lipinski definition) is 0. The highest BCUT2D eigenvalue weighted by molar-refractivity contribution is 5.96. The normalized spacial score (nSPS) is 16.5. The van der Waals surface area contributed by atoms with Crippen LogP contribution in [0.1, 0.15) is 25.7 Å². The summed E-state index contributed by atoms with van der Waals surface area (Å²) in [5.41, 5.74) is 0.666. The van der Waals surface area contributed by atoms with E-state index in [9.17, 15) is 9.59 Å². The van der Waals surface area contributed by atoms with Gasteiger partial charge in [-0.15, -0.1) is 4.99 Å². The van der Waals surface area contributed by atoms with Crippen molar-refractivity contribution in [2.24, 2.45) is 4.99 Å². The summed E-state index contributed by atoms with van der Waals surface area (Å²) in [6, 6.07) is 0. The van der Waals surface area contributed by atoms with Crippen molar-refractivity contribution in [3.63, 3.8) is 0 Å². The lowest BCUT2D eigenvalue weighted by Crippen LogP contribution is -2.02. The highest BCUT2D eigenvalue weighted by atomic mass is 16.2. The van der Waals surface area contributed by atoms with Gasteiger partial charge in [0.05, 0.1) is 0 Å². The van der Waals surface area contributed by atoms with Crippen LogP contribution in [0.3, 0.4) is 0 Å². The molecular weight excluding hydrogens is 142 g/mol. The summed E-state index contributed by atoms with van der Waals surface area (Å²) in [4.78, 5) is 23.7. The Morgan fingerprint density at radius 2 is 2.36 bits per heavy atom. The van der Waals surface area contributed by atoms with E-state index in [0.717, 1.165) is 25.7 Å². The Balaban J connectivity index is 2.65. The second kappa shape index (κ2) is 3.84. The Hall–Kier alpha value is -1.21. The largest absolute Gasteiger partial charge is 0.283 e. The third-order valence-corrected chi connectivity index (χ3v) is 1.71. The molecule has 0 saturated heterocycles. The maximum Gasteiger partial charge on any atom is 0.283 e. The van der Waals surface area contributed by atoms with Gasteiger partial charge in [0.1, 0.15) is 0 Å². The first-order valence-electron chi connectivity index (χ1n) is 3.66. The summed E-state index contributed by atoms with van der Waals surface area (Å²) >= 11 is 0. The number of allylic oxidation sites excluding steroid dienone is 1. The lowest BCUT2D eigenvalue weighted by atomic mass is 9.99. The molecule has 1 aliphatic carbocycles. The molecular formula is C8H9NO2. The second-order valence-electron chi connectivity index (χ2n) is 2.48. The molecule has 0 fully saturated rings. The molecule has 3 nitrogen and oxygen atoms in total. The average Bonchev–Trinajstić information content (AvgIpc) is 2.07. The molecule has 0 aliphatic heterocycles. The number of carbonyl (C=O) groups is 1. The first-order valence-corrected chi connectivity index (χ1v) is 3.66. The minimum atomic E-state index is -0.417. The Labute approximate surface area is 64.8 Å². The van der Waals surface area contributed by atoms with E-state index in [1.807, 2.05) is 6.08 Å². The number of isocyanates is 1. The zero-order chi connectivity index (χ0) is 8.10. The fourth-order valence-electron chi connectivity index (χ4n) is 1.15. The number of rotatable bonds is 1. The summed E-state index contributed by atoms with van der Waals surface area (Å²) < 4.78 is 0. The van der Waals surface area contributed by atoms with Crippen LogP contribution in [0, 0.1) is 0 Å². The molecule has 0 spiro atoms. The first kappa shape index (κ1) is 7.89. The number of hydrogen-bond acceptors (Lipinski definition) is 2. The smallest absolute Gasteiger partial charge is 0.266 e. The number of aliphatic imine (C=N–C) groups is 1. The maximum atomic E-state index is 10.9. The zero-order valence-corrected chi connectivity index (χ0v) is 6.17. The summed E-state index contributed by atoms with van der Waals surface area (Å²) in [5, 5.41) is 0. The van der Waals surface area contributed by atoms with Crippen molar-refractivity contribution in [2.45, 2.75) is 25.7 Å². The van der Waals surface area contributed by atoms with Crippen LogP contribution >= 0.6 is 0 Å². The van der Waals surface area contributed by atoms with Gasteiger partial charge >= 0.3 is 0 Å². The highest BCUT2D eigenvalue weighted by Gasteiger charge is 2.10. The third kappa shape index (κ3) is 2.13. The first-order chi connectivity index (χ1) is 5.34. The third-order valence-electron chi connectivity index (χ3n) is 1.71. The fraction of sp³-hybridized carbons (Fsp3) is 0.500. The van der Waals surface area contributed by atoms with Crippen LogP contribution in [-0.4, -0.2) is 12.0 Å². The van der Waals surface area contributed by atoms with Crippen molar-refractivity contribution in [1.82, 2.24) is 0 Å². The van der Waals surface area contributed by atoms with Crippen LogP contribution in [0.2, 0.25) is 0 Å². The van der Waals surface area contributed by atoms with E-state index in [1.54, 1.807) is 0 Å². The van der Waals surface area contributed by atoms with Gasteiger partial charge in [-0.3, -0.25) is 4.79 Å². The minimum Gasteiger partial charge on any atom is -0.266 e. The van der Waals surface area contributed by atoms with Crippen molar-refractivity contribution in [1.29, 1.82) is 0 Å². The summed E-state index contributed by atoms with van der Waals surface area (Å²) in [7, 11) is 0. The Morgan fingerprint density at radius 3 is 2.91 bits per heavy atom. The van der Waals surface area contributed by atoms with Crippen molar-refractivity contribution >= 4 is 12.0 Å². The molecule has 0 heterocycles. The van der Waals surface area contributed by atoms with Crippen molar-refractivity contribution in [2.75, 3.05) is 0 Å². The highest BCUT2D eigenvalue weighted by Crippen LogP contribution is 2.17. The molecule has 0 saturated carbocycles. The van der Waals surface area contributed by atoms with Gasteiger partial charge in [-0.1, -0.05) is 6.08 Å². The summed E-state index contributed by atoms with van der Waals surface area (Å²) in [5.74, 6) is -0.417. The van der Waals surface area contributed by atoms with Gasteiger partial charge in [0.2, 0.25) is 6.08 Å². The molecule has 0 aromatic heterocycles. The quantitative estimate of drug-likeness (QED) is 0.419. The van der Waals surface area contributed by atoms with E-state index in [0.29, 0.717) is 5.57 Å². The molecule has 11 heavy (non-hydrogen) atoms. The van der Waals surface area contributed by atoms with Crippen LogP contribution in [0.15, 0.2) is 16.6 Å². The standard InChI is InChI=1S/C8H9NO2/c10-6-9-8(11)7-4-2-1-3-5-7/h4H,1-3,5H2. The van der Waals surface area contributed by atoms with Gasteiger partial charge in [-0.2, -0.15) is 0 Å². The molecule has 0 unspecified atom stereocenters. The molecule has 0 aromatic carbocycles. The van der Waals surface area contributed by atoms with Gasteiger partial charge in [-0.05, 0) is 25.7 Å². The van der Waals surface area contributed by atoms with E-state index in [1.165, 1.54) is 6.08 Å². The Kier molecular flexibility index (Phi) is 2.75. The number of nitrogens with zero attached hydrogens (tertiary/aromatic N) is 1. The van der Waals surface area contributed by atoms with Crippen LogP contribution in [0.5, 0.6) is 0 Å². The van der Waals surface area contributed by atoms with Crippen LogP contribution in [0.25, 0.3) is 0 Å². The van der Waals surface area contributed by atoms with Crippen molar-refractivity contribution < 1.29 is 9.59 Å². The second-order valence-corrected chi connectivity index (χ2v) is 2.48.